The minimum absolute atomic E-state index is 0.0438. The van der Waals surface area contributed by atoms with Crippen LogP contribution in [0.3, 0.4) is 0 Å². The number of nitrogens with zero attached hydrogens (tertiary/aromatic N) is 2. The van der Waals surface area contributed by atoms with Crippen molar-refractivity contribution in [2.75, 3.05) is 13.6 Å². The van der Waals surface area contributed by atoms with Crippen LogP contribution < -0.4 is 0 Å². The zero-order chi connectivity index (χ0) is 14.6. The molecule has 0 aliphatic heterocycles. The van der Waals surface area contributed by atoms with Crippen molar-refractivity contribution in [3.05, 3.63) is 38.9 Å². The van der Waals surface area contributed by atoms with Crippen LogP contribution >= 0.6 is 11.6 Å². The molecule has 0 bridgehead atoms. The molecule has 102 valence electrons. The highest BCUT2D eigenvalue weighted by molar-refractivity contribution is 6.31. The van der Waals surface area contributed by atoms with Crippen LogP contribution in [0.5, 0.6) is 0 Å². The topological polar surface area (TPSA) is 101 Å². The lowest BCUT2D eigenvalue weighted by Gasteiger charge is -2.16. The minimum Gasteiger partial charge on any atom is -0.481 e. The fourth-order valence-corrected chi connectivity index (χ4v) is 1.58. The number of carbonyl (C=O) groups excluding carboxylic acids is 1. The van der Waals surface area contributed by atoms with E-state index in [-0.39, 0.29) is 29.2 Å². The number of hydrogen-bond donors (Lipinski definition) is 1. The lowest BCUT2D eigenvalue weighted by molar-refractivity contribution is -0.385. The predicted molar refractivity (Wildman–Crippen MR) is 67.3 cm³/mol. The molecule has 1 N–H and O–H groups in total. The number of carboxylic acids is 1. The number of nitro groups is 1. The third-order valence-electron chi connectivity index (χ3n) is 2.39. The van der Waals surface area contributed by atoms with Crippen LogP contribution in [0, 0.1) is 10.1 Å². The van der Waals surface area contributed by atoms with Gasteiger partial charge in [0.05, 0.1) is 11.3 Å². The molecule has 0 radical (unpaired) electrons. The molecule has 1 aromatic carbocycles. The Balaban J connectivity index is 3.01. The van der Waals surface area contributed by atoms with Gasteiger partial charge in [0.2, 0.25) is 0 Å². The van der Waals surface area contributed by atoms with E-state index >= 15 is 0 Å². The zero-order valence-corrected chi connectivity index (χ0v) is 10.8. The summed E-state index contributed by atoms with van der Waals surface area (Å²) in [7, 11) is 1.37. The second kappa shape index (κ2) is 6.14. The molecule has 0 aromatic heterocycles. The second-order valence-electron chi connectivity index (χ2n) is 3.79. The standard InChI is InChI=1S/C11H11ClN2O5/c1-13(5-4-10(15)16)11(17)8-6-7(12)2-3-9(8)14(18)19/h2-3,6H,4-5H2,1H3,(H,15,16). The van der Waals surface area contributed by atoms with Crippen LogP contribution in [-0.4, -0.2) is 40.4 Å². The van der Waals surface area contributed by atoms with Gasteiger partial charge in [0.15, 0.2) is 0 Å². The molecule has 0 aliphatic rings. The van der Waals surface area contributed by atoms with Crippen molar-refractivity contribution in [1.82, 2.24) is 4.90 Å². The first kappa shape index (κ1) is 14.9. The molecule has 8 heteroatoms. The molecule has 0 atom stereocenters. The summed E-state index contributed by atoms with van der Waals surface area (Å²) in [6.45, 7) is -0.0438. The van der Waals surface area contributed by atoms with E-state index in [1.807, 2.05) is 0 Å². The molecule has 19 heavy (non-hydrogen) atoms. The summed E-state index contributed by atoms with van der Waals surface area (Å²) in [6, 6.07) is 3.65. The van der Waals surface area contributed by atoms with E-state index in [0.717, 1.165) is 11.0 Å². The quantitative estimate of drug-likeness (QED) is 0.657. The van der Waals surface area contributed by atoms with Gasteiger partial charge in [-0.1, -0.05) is 11.6 Å². The number of halogens is 1. The molecule has 1 rings (SSSR count). The van der Waals surface area contributed by atoms with Crippen molar-refractivity contribution in [3.63, 3.8) is 0 Å². The first-order valence-electron chi connectivity index (χ1n) is 5.24. The van der Waals surface area contributed by atoms with Crippen molar-refractivity contribution >= 4 is 29.2 Å². The Hall–Kier alpha value is -2.15. The summed E-state index contributed by atoms with van der Waals surface area (Å²) in [5.41, 5.74) is -0.526. The number of rotatable bonds is 5. The third kappa shape index (κ3) is 3.92. The van der Waals surface area contributed by atoms with Gasteiger partial charge in [0.25, 0.3) is 11.6 Å². The van der Waals surface area contributed by atoms with Gasteiger partial charge in [-0.15, -0.1) is 0 Å². The molecule has 1 amide bonds. The van der Waals surface area contributed by atoms with Crippen LogP contribution in [0.1, 0.15) is 16.8 Å². The van der Waals surface area contributed by atoms with Crippen molar-refractivity contribution < 1.29 is 19.6 Å². The predicted octanol–water partition coefficient (Wildman–Crippen LogP) is 1.79. The van der Waals surface area contributed by atoms with Crippen LogP contribution in [0.2, 0.25) is 5.02 Å². The maximum atomic E-state index is 12.0. The molecule has 0 spiro atoms. The van der Waals surface area contributed by atoms with E-state index in [4.69, 9.17) is 16.7 Å². The van der Waals surface area contributed by atoms with E-state index in [2.05, 4.69) is 0 Å². The van der Waals surface area contributed by atoms with Crippen molar-refractivity contribution in [3.8, 4) is 0 Å². The highest BCUT2D eigenvalue weighted by Crippen LogP contribution is 2.23. The first-order valence-corrected chi connectivity index (χ1v) is 5.62. The van der Waals surface area contributed by atoms with Crippen LogP contribution in [0.4, 0.5) is 5.69 Å². The number of amides is 1. The molecule has 0 unspecified atom stereocenters. The highest BCUT2D eigenvalue weighted by atomic mass is 35.5. The van der Waals surface area contributed by atoms with E-state index in [0.29, 0.717) is 0 Å². The van der Waals surface area contributed by atoms with Crippen molar-refractivity contribution in [2.45, 2.75) is 6.42 Å². The van der Waals surface area contributed by atoms with Gasteiger partial charge >= 0.3 is 5.97 Å². The van der Waals surface area contributed by atoms with E-state index in [1.54, 1.807) is 0 Å². The highest BCUT2D eigenvalue weighted by Gasteiger charge is 2.23. The Bertz CT molecular complexity index is 532. The van der Waals surface area contributed by atoms with Crippen LogP contribution in [-0.2, 0) is 4.79 Å². The number of aliphatic carboxylic acids is 1. The fraction of sp³-hybridized carbons (Fsp3) is 0.273. The summed E-state index contributed by atoms with van der Waals surface area (Å²) in [5.74, 6) is -1.70. The average molecular weight is 287 g/mol. The Morgan fingerprint density at radius 1 is 1.47 bits per heavy atom. The molecule has 0 fully saturated rings. The van der Waals surface area contributed by atoms with Gasteiger partial charge in [-0.2, -0.15) is 0 Å². The largest absolute Gasteiger partial charge is 0.481 e. The van der Waals surface area contributed by atoms with Gasteiger partial charge < -0.3 is 10.0 Å². The molecule has 7 nitrogen and oxygen atoms in total. The summed E-state index contributed by atoms with van der Waals surface area (Å²) in [5, 5.41) is 19.6. The monoisotopic (exact) mass is 286 g/mol. The van der Waals surface area contributed by atoms with Gasteiger partial charge in [0.1, 0.15) is 5.56 Å². The average Bonchev–Trinajstić information content (AvgIpc) is 2.34. The molecule has 0 aliphatic carbocycles. The first-order chi connectivity index (χ1) is 8.82. The van der Waals surface area contributed by atoms with Crippen LogP contribution in [0.15, 0.2) is 18.2 Å². The number of nitro benzene ring substituents is 1. The van der Waals surface area contributed by atoms with Gasteiger partial charge in [-0.25, -0.2) is 0 Å². The van der Waals surface area contributed by atoms with E-state index in [9.17, 15) is 19.7 Å². The fourth-order valence-electron chi connectivity index (χ4n) is 1.41. The Kier molecular flexibility index (Phi) is 4.82. The minimum atomic E-state index is -1.06. The molecular formula is C11H11ClN2O5. The van der Waals surface area contributed by atoms with E-state index < -0.39 is 16.8 Å². The van der Waals surface area contributed by atoms with Gasteiger partial charge in [0, 0.05) is 24.7 Å². The Morgan fingerprint density at radius 2 is 2.11 bits per heavy atom. The normalized spacial score (nSPS) is 10.0. The van der Waals surface area contributed by atoms with E-state index in [1.165, 1.54) is 19.2 Å². The van der Waals surface area contributed by atoms with Gasteiger partial charge in [-0.3, -0.25) is 19.7 Å². The molecule has 1 aromatic rings. The summed E-state index contributed by atoms with van der Waals surface area (Å²) in [6.07, 6.45) is -0.239. The smallest absolute Gasteiger partial charge is 0.305 e. The molecule has 0 heterocycles. The number of hydrogen-bond acceptors (Lipinski definition) is 4. The summed E-state index contributed by atoms with van der Waals surface area (Å²) >= 11 is 5.71. The Labute approximate surface area is 113 Å². The number of carboxylic acid groups (broad SMARTS) is 1. The maximum Gasteiger partial charge on any atom is 0.305 e. The number of benzene rings is 1. The lowest BCUT2D eigenvalue weighted by atomic mass is 10.1. The SMILES string of the molecule is CN(CCC(=O)O)C(=O)c1cc(Cl)ccc1[N+](=O)[O-]. The summed E-state index contributed by atoms with van der Waals surface area (Å²) < 4.78 is 0. The third-order valence-corrected chi connectivity index (χ3v) is 2.63. The zero-order valence-electron chi connectivity index (χ0n) is 10.00. The van der Waals surface area contributed by atoms with Crippen molar-refractivity contribution in [1.29, 1.82) is 0 Å². The molecular weight excluding hydrogens is 276 g/mol. The lowest BCUT2D eigenvalue weighted by Crippen LogP contribution is -2.29. The van der Waals surface area contributed by atoms with Gasteiger partial charge in [-0.05, 0) is 12.1 Å². The summed E-state index contributed by atoms with van der Waals surface area (Å²) in [4.78, 5) is 33.7. The van der Waals surface area contributed by atoms with Crippen molar-refractivity contribution in [2.24, 2.45) is 0 Å². The molecule has 0 saturated carbocycles. The number of carbonyl (C=O) groups is 2. The Morgan fingerprint density at radius 3 is 2.63 bits per heavy atom. The van der Waals surface area contributed by atoms with Crippen LogP contribution in [0.25, 0.3) is 0 Å². The second-order valence-corrected chi connectivity index (χ2v) is 4.23. The molecule has 0 saturated heterocycles. The maximum absolute atomic E-state index is 12.0.